The molecule has 0 saturated carbocycles. The van der Waals surface area contributed by atoms with Crippen molar-refractivity contribution in [1.29, 1.82) is 0 Å². The maximum absolute atomic E-state index is 11.8. The summed E-state index contributed by atoms with van der Waals surface area (Å²) in [6.45, 7) is 1.79. The molecule has 1 unspecified atom stereocenters. The van der Waals surface area contributed by atoms with Crippen molar-refractivity contribution >= 4 is 5.91 Å². The van der Waals surface area contributed by atoms with Gasteiger partial charge in [-0.3, -0.25) is 4.79 Å². The van der Waals surface area contributed by atoms with Crippen LogP contribution in [0.25, 0.3) is 0 Å². The van der Waals surface area contributed by atoms with E-state index in [2.05, 4.69) is 11.4 Å². The Bertz CT molecular complexity index is 446. The van der Waals surface area contributed by atoms with Crippen LogP contribution in [-0.4, -0.2) is 17.6 Å². The van der Waals surface area contributed by atoms with Gasteiger partial charge in [0.15, 0.2) is 0 Å². The molecule has 1 aromatic rings. The van der Waals surface area contributed by atoms with E-state index in [0.29, 0.717) is 12.2 Å². The number of aliphatic hydroxyl groups is 1. The van der Waals surface area contributed by atoms with Crippen molar-refractivity contribution in [3.05, 3.63) is 35.8 Å². The van der Waals surface area contributed by atoms with Crippen LogP contribution in [0.2, 0.25) is 0 Å². The van der Waals surface area contributed by atoms with E-state index in [1.807, 2.05) is 0 Å². The standard InChI is InChI=1S/C15H21NO3/c1-15(18,13-8-5-9-19-13)11-16-14(17)10-12-6-3-2-4-7-12/h5-6,8-9,18H,2-4,7,10-11H2,1H3,(H,16,17). The SMILES string of the molecule is CC(O)(CNC(=O)CC1=CCCCC1)c1ccco1. The number of furan rings is 1. The Balaban J connectivity index is 1.81. The van der Waals surface area contributed by atoms with E-state index in [-0.39, 0.29) is 12.5 Å². The van der Waals surface area contributed by atoms with Crippen molar-refractivity contribution in [1.82, 2.24) is 5.32 Å². The van der Waals surface area contributed by atoms with Crippen LogP contribution in [0.3, 0.4) is 0 Å². The van der Waals surface area contributed by atoms with Crippen molar-refractivity contribution in [2.45, 2.75) is 44.6 Å². The first-order chi connectivity index (χ1) is 9.08. The van der Waals surface area contributed by atoms with Crippen LogP contribution in [0.4, 0.5) is 0 Å². The molecule has 0 spiro atoms. The van der Waals surface area contributed by atoms with Crippen LogP contribution in [0.5, 0.6) is 0 Å². The topological polar surface area (TPSA) is 62.5 Å². The number of allylic oxidation sites excluding steroid dienone is 1. The first kappa shape index (κ1) is 13.9. The van der Waals surface area contributed by atoms with Gasteiger partial charge in [-0.05, 0) is 44.7 Å². The number of carbonyl (C=O) groups excluding carboxylic acids is 1. The van der Waals surface area contributed by atoms with Crippen LogP contribution >= 0.6 is 0 Å². The zero-order valence-corrected chi connectivity index (χ0v) is 11.3. The van der Waals surface area contributed by atoms with Crippen molar-refractivity contribution in [3.63, 3.8) is 0 Å². The molecule has 4 nitrogen and oxygen atoms in total. The normalized spacial score (nSPS) is 18.5. The lowest BCUT2D eigenvalue weighted by atomic mass is 9.97. The third-order valence-electron chi connectivity index (χ3n) is 3.45. The number of hydrogen-bond acceptors (Lipinski definition) is 3. The first-order valence-corrected chi connectivity index (χ1v) is 6.79. The van der Waals surface area contributed by atoms with Gasteiger partial charge in [-0.25, -0.2) is 0 Å². The predicted molar refractivity (Wildman–Crippen MR) is 72.5 cm³/mol. The molecular formula is C15H21NO3. The highest BCUT2D eigenvalue weighted by molar-refractivity contribution is 5.78. The molecule has 1 heterocycles. The Morgan fingerprint density at radius 2 is 2.37 bits per heavy atom. The summed E-state index contributed by atoms with van der Waals surface area (Å²) in [6, 6.07) is 3.42. The molecule has 1 aliphatic carbocycles. The molecule has 0 saturated heterocycles. The lowest BCUT2D eigenvalue weighted by molar-refractivity contribution is -0.121. The molecule has 19 heavy (non-hydrogen) atoms. The maximum Gasteiger partial charge on any atom is 0.224 e. The average Bonchev–Trinajstić information content (AvgIpc) is 2.92. The summed E-state index contributed by atoms with van der Waals surface area (Å²) in [7, 11) is 0. The number of carbonyl (C=O) groups is 1. The van der Waals surface area contributed by atoms with E-state index in [1.54, 1.807) is 19.1 Å². The summed E-state index contributed by atoms with van der Waals surface area (Å²) in [5.41, 5.74) is 0.0431. The maximum atomic E-state index is 11.8. The van der Waals surface area contributed by atoms with E-state index in [4.69, 9.17) is 4.42 Å². The monoisotopic (exact) mass is 263 g/mol. The molecule has 0 bridgehead atoms. The summed E-state index contributed by atoms with van der Waals surface area (Å²) >= 11 is 0. The molecular weight excluding hydrogens is 242 g/mol. The molecule has 0 fully saturated rings. The molecule has 2 rings (SSSR count). The van der Waals surface area contributed by atoms with Crippen molar-refractivity contribution in [2.75, 3.05) is 6.54 Å². The van der Waals surface area contributed by atoms with Gasteiger partial charge in [0.05, 0.1) is 12.8 Å². The highest BCUT2D eigenvalue weighted by Gasteiger charge is 2.26. The summed E-state index contributed by atoms with van der Waals surface area (Å²) in [5, 5.41) is 13.0. The smallest absolute Gasteiger partial charge is 0.224 e. The molecule has 1 amide bonds. The molecule has 104 valence electrons. The molecule has 2 N–H and O–H groups in total. The average molecular weight is 263 g/mol. The molecule has 0 aromatic carbocycles. The highest BCUT2D eigenvalue weighted by atomic mass is 16.4. The Morgan fingerprint density at radius 1 is 1.53 bits per heavy atom. The second-order valence-corrected chi connectivity index (χ2v) is 5.31. The number of amides is 1. The lowest BCUT2D eigenvalue weighted by Gasteiger charge is -2.21. The molecule has 0 aliphatic heterocycles. The first-order valence-electron chi connectivity index (χ1n) is 6.79. The highest BCUT2D eigenvalue weighted by Crippen LogP contribution is 2.21. The van der Waals surface area contributed by atoms with Gasteiger partial charge in [-0.1, -0.05) is 11.6 Å². The minimum Gasteiger partial charge on any atom is -0.466 e. The molecule has 0 radical (unpaired) electrons. The van der Waals surface area contributed by atoms with Gasteiger partial charge in [-0.15, -0.1) is 0 Å². The summed E-state index contributed by atoms with van der Waals surface area (Å²) in [6.07, 6.45) is 8.59. The number of nitrogens with one attached hydrogen (secondary N) is 1. The lowest BCUT2D eigenvalue weighted by Crippen LogP contribution is -2.38. The third-order valence-corrected chi connectivity index (χ3v) is 3.45. The summed E-state index contributed by atoms with van der Waals surface area (Å²) < 4.78 is 5.17. The fraction of sp³-hybridized carbons (Fsp3) is 0.533. The van der Waals surface area contributed by atoms with Gasteiger partial charge in [0.2, 0.25) is 5.91 Å². The number of rotatable bonds is 5. The van der Waals surface area contributed by atoms with Gasteiger partial charge in [0.25, 0.3) is 0 Å². The van der Waals surface area contributed by atoms with Crippen LogP contribution in [0.15, 0.2) is 34.5 Å². The number of hydrogen-bond donors (Lipinski definition) is 2. The van der Waals surface area contributed by atoms with Crippen molar-refractivity contribution in [3.8, 4) is 0 Å². The van der Waals surface area contributed by atoms with Gasteiger partial charge in [-0.2, -0.15) is 0 Å². The second kappa shape index (κ2) is 6.06. The Kier molecular flexibility index (Phi) is 4.43. The van der Waals surface area contributed by atoms with E-state index in [9.17, 15) is 9.90 Å². The minimum atomic E-state index is -1.17. The van der Waals surface area contributed by atoms with Gasteiger partial charge >= 0.3 is 0 Å². The second-order valence-electron chi connectivity index (χ2n) is 5.31. The zero-order valence-electron chi connectivity index (χ0n) is 11.3. The Hall–Kier alpha value is -1.55. The van der Waals surface area contributed by atoms with E-state index in [0.717, 1.165) is 12.8 Å². The zero-order chi connectivity index (χ0) is 13.7. The quantitative estimate of drug-likeness (QED) is 0.802. The van der Waals surface area contributed by atoms with Crippen LogP contribution < -0.4 is 5.32 Å². The van der Waals surface area contributed by atoms with Crippen LogP contribution in [0.1, 0.15) is 44.8 Å². The summed E-state index contributed by atoms with van der Waals surface area (Å²) in [5.74, 6) is 0.421. The summed E-state index contributed by atoms with van der Waals surface area (Å²) in [4.78, 5) is 11.8. The molecule has 1 aliphatic rings. The predicted octanol–water partition coefficient (Wildman–Crippen LogP) is 2.49. The van der Waals surface area contributed by atoms with E-state index in [1.165, 1.54) is 24.7 Å². The van der Waals surface area contributed by atoms with Gasteiger partial charge < -0.3 is 14.8 Å². The van der Waals surface area contributed by atoms with Gasteiger partial charge in [0, 0.05) is 6.42 Å². The van der Waals surface area contributed by atoms with Crippen molar-refractivity contribution in [2.24, 2.45) is 0 Å². The van der Waals surface area contributed by atoms with E-state index < -0.39 is 5.60 Å². The fourth-order valence-electron chi connectivity index (χ4n) is 2.28. The van der Waals surface area contributed by atoms with E-state index >= 15 is 0 Å². The van der Waals surface area contributed by atoms with Crippen LogP contribution in [0, 0.1) is 0 Å². The van der Waals surface area contributed by atoms with Gasteiger partial charge in [0.1, 0.15) is 11.4 Å². The fourth-order valence-corrected chi connectivity index (χ4v) is 2.28. The Morgan fingerprint density at radius 3 is 3.00 bits per heavy atom. The largest absolute Gasteiger partial charge is 0.466 e. The van der Waals surface area contributed by atoms with Crippen molar-refractivity contribution < 1.29 is 14.3 Å². The molecule has 1 aromatic heterocycles. The molecule has 4 heteroatoms. The Labute approximate surface area is 113 Å². The third kappa shape index (κ3) is 3.96. The van der Waals surface area contributed by atoms with Crippen LogP contribution in [-0.2, 0) is 10.4 Å². The minimum absolute atomic E-state index is 0.0417. The molecule has 1 atom stereocenters.